The standard InChI is InChI=1S/C15H26N2S/c1-12-17-14(11-18-12)10-15(16-2)13-8-6-4-3-5-7-9-13/h11,13,15-16H,3-10H2,1-2H3. The Kier molecular flexibility index (Phi) is 5.64. The summed E-state index contributed by atoms with van der Waals surface area (Å²) in [6, 6.07) is 0.615. The van der Waals surface area contributed by atoms with Crippen molar-refractivity contribution in [1.29, 1.82) is 0 Å². The van der Waals surface area contributed by atoms with Crippen molar-refractivity contribution in [3.05, 3.63) is 16.1 Å². The van der Waals surface area contributed by atoms with Gasteiger partial charge in [-0.25, -0.2) is 4.98 Å². The van der Waals surface area contributed by atoms with Crippen LogP contribution in [0.2, 0.25) is 0 Å². The van der Waals surface area contributed by atoms with Crippen LogP contribution in [0.4, 0.5) is 0 Å². The number of hydrogen-bond acceptors (Lipinski definition) is 3. The molecule has 1 heterocycles. The van der Waals surface area contributed by atoms with E-state index >= 15 is 0 Å². The molecular formula is C15H26N2S. The van der Waals surface area contributed by atoms with Gasteiger partial charge in [0.05, 0.1) is 10.7 Å². The Balaban J connectivity index is 1.93. The molecule has 1 atom stereocenters. The molecule has 2 nitrogen and oxygen atoms in total. The lowest BCUT2D eigenvalue weighted by atomic mass is 9.84. The maximum Gasteiger partial charge on any atom is 0.0897 e. The van der Waals surface area contributed by atoms with Crippen molar-refractivity contribution >= 4 is 11.3 Å². The van der Waals surface area contributed by atoms with Gasteiger partial charge in [0.25, 0.3) is 0 Å². The summed E-state index contributed by atoms with van der Waals surface area (Å²) in [6.45, 7) is 2.10. The molecule has 0 aromatic carbocycles. The molecule has 1 aromatic heterocycles. The summed E-state index contributed by atoms with van der Waals surface area (Å²) < 4.78 is 0. The van der Waals surface area contributed by atoms with Gasteiger partial charge >= 0.3 is 0 Å². The predicted octanol–water partition coefficient (Wildman–Crippen LogP) is 3.94. The molecule has 1 aliphatic carbocycles. The van der Waals surface area contributed by atoms with E-state index in [4.69, 9.17) is 0 Å². The normalized spacial score (nSPS) is 20.3. The zero-order chi connectivity index (χ0) is 12.8. The van der Waals surface area contributed by atoms with E-state index in [1.807, 2.05) is 0 Å². The Hall–Kier alpha value is -0.410. The number of aromatic nitrogens is 1. The maximum absolute atomic E-state index is 4.61. The molecule has 1 saturated carbocycles. The predicted molar refractivity (Wildman–Crippen MR) is 79.2 cm³/mol. The van der Waals surface area contributed by atoms with Gasteiger partial charge in [0.1, 0.15) is 0 Å². The monoisotopic (exact) mass is 266 g/mol. The van der Waals surface area contributed by atoms with Crippen LogP contribution in [0.3, 0.4) is 0 Å². The van der Waals surface area contributed by atoms with E-state index in [1.165, 1.54) is 55.6 Å². The highest BCUT2D eigenvalue weighted by Gasteiger charge is 2.21. The minimum Gasteiger partial charge on any atom is -0.316 e. The summed E-state index contributed by atoms with van der Waals surface area (Å²) in [5.41, 5.74) is 1.28. The Bertz CT molecular complexity index is 340. The van der Waals surface area contributed by atoms with Gasteiger partial charge in [0.15, 0.2) is 0 Å². The molecule has 0 aliphatic heterocycles. The summed E-state index contributed by atoms with van der Waals surface area (Å²) in [5.74, 6) is 0.845. The van der Waals surface area contributed by atoms with Crippen LogP contribution in [-0.4, -0.2) is 18.1 Å². The van der Waals surface area contributed by atoms with Crippen LogP contribution in [-0.2, 0) is 6.42 Å². The van der Waals surface area contributed by atoms with Gasteiger partial charge < -0.3 is 5.32 Å². The van der Waals surface area contributed by atoms with Gasteiger partial charge in [0.2, 0.25) is 0 Å². The summed E-state index contributed by atoms with van der Waals surface area (Å²) in [6.07, 6.45) is 11.0. The second kappa shape index (κ2) is 7.25. The topological polar surface area (TPSA) is 24.9 Å². The highest BCUT2D eigenvalue weighted by molar-refractivity contribution is 7.09. The molecule has 1 N–H and O–H groups in total. The minimum atomic E-state index is 0.615. The van der Waals surface area contributed by atoms with Crippen molar-refractivity contribution < 1.29 is 0 Å². The third-order valence-corrected chi connectivity index (χ3v) is 5.01. The van der Waals surface area contributed by atoms with Crippen LogP contribution in [0.25, 0.3) is 0 Å². The Morgan fingerprint density at radius 2 is 1.94 bits per heavy atom. The second-order valence-electron chi connectivity index (χ2n) is 5.56. The van der Waals surface area contributed by atoms with Gasteiger partial charge in [-0.1, -0.05) is 32.1 Å². The molecule has 18 heavy (non-hydrogen) atoms. The van der Waals surface area contributed by atoms with Gasteiger partial charge in [-0.3, -0.25) is 0 Å². The Morgan fingerprint density at radius 1 is 1.28 bits per heavy atom. The molecule has 1 unspecified atom stereocenters. The molecule has 0 saturated heterocycles. The van der Waals surface area contributed by atoms with Crippen LogP contribution in [0.5, 0.6) is 0 Å². The number of hydrogen-bond donors (Lipinski definition) is 1. The van der Waals surface area contributed by atoms with Crippen molar-refractivity contribution in [2.45, 2.75) is 64.3 Å². The van der Waals surface area contributed by atoms with E-state index in [9.17, 15) is 0 Å². The van der Waals surface area contributed by atoms with E-state index in [1.54, 1.807) is 11.3 Å². The molecule has 0 amide bonds. The molecule has 3 heteroatoms. The third-order valence-electron chi connectivity index (χ3n) is 4.19. The lowest BCUT2D eigenvalue weighted by Crippen LogP contribution is -2.36. The van der Waals surface area contributed by atoms with E-state index in [-0.39, 0.29) is 0 Å². The lowest BCUT2D eigenvalue weighted by molar-refractivity contribution is 0.293. The number of likely N-dealkylation sites (N-methyl/N-ethyl adjacent to an activating group) is 1. The maximum atomic E-state index is 4.61. The van der Waals surface area contributed by atoms with Gasteiger partial charge in [0, 0.05) is 17.8 Å². The van der Waals surface area contributed by atoms with Crippen molar-refractivity contribution in [3.8, 4) is 0 Å². The van der Waals surface area contributed by atoms with E-state index in [2.05, 4.69) is 29.7 Å². The summed E-state index contributed by atoms with van der Waals surface area (Å²) in [4.78, 5) is 4.61. The molecule has 0 radical (unpaired) electrons. The molecule has 1 fully saturated rings. The largest absolute Gasteiger partial charge is 0.316 e. The first-order valence-corrected chi connectivity index (χ1v) is 8.26. The molecule has 0 bridgehead atoms. The highest BCUT2D eigenvalue weighted by Crippen LogP contribution is 2.26. The van der Waals surface area contributed by atoms with Gasteiger partial charge in [-0.05, 0) is 32.7 Å². The smallest absolute Gasteiger partial charge is 0.0897 e. The summed E-state index contributed by atoms with van der Waals surface area (Å²) in [5, 5.41) is 6.96. The minimum absolute atomic E-state index is 0.615. The Morgan fingerprint density at radius 3 is 2.50 bits per heavy atom. The van der Waals surface area contributed by atoms with Crippen LogP contribution in [0, 0.1) is 12.8 Å². The third kappa shape index (κ3) is 4.06. The fourth-order valence-corrected chi connectivity index (χ4v) is 3.75. The summed E-state index contributed by atoms with van der Waals surface area (Å²) in [7, 11) is 2.11. The highest BCUT2D eigenvalue weighted by atomic mass is 32.1. The zero-order valence-electron chi connectivity index (χ0n) is 11.7. The van der Waals surface area contributed by atoms with E-state index in [0.717, 1.165) is 12.3 Å². The molecule has 1 aliphatic rings. The first-order valence-electron chi connectivity index (χ1n) is 7.38. The average Bonchev–Trinajstić information content (AvgIpc) is 2.72. The number of thiazole rings is 1. The van der Waals surface area contributed by atoms with Crippen molar-refractivity contribution in [1.82, 2.24) is 10.3 Å². The van der Waals surface area contributed by atoms with E-state index in [0.29, 0.717) is 6.04 Å². The van der Waals surface area contributed by atoms with Crippen molar-refractivity contribution in [3.63, 3.8) is 0 Å². The number of nitrogens with zero attached hydrogens (tertiary/aromatic N) is 1. The van der Waals surface area contributed by atoms with Crippen LogP contribution >= 0.6 is 11.3 Å². The van der Waals surface area contributed by atoms with Crippen molar-refractivity contribution in [2.24, 2.45) is 5.92 Å². The number of rotatable bonds is 4. The molecular weight excluding hydrogens is 240 g/mol. The molecule has 2 rings (SSSR count). The van der Waals surface area contributed by atoms with E-state index < -0.39 is 0 Å². The first kappa shape index (κ1) is 14.0. The molecule has 0 spiro atoms. The van der Waals surface area contributed by atoms with Crippen LogP contribution in [0.15, 0.2) is 5.38 Å². The van der Waals surface area contributed by atoms with Crippen LogP contribution in [0.1, 0.15) is 55.6 Å². The lowest BCUT2D eigenvalue weighted by Gasteiger charge is -2.28. The SMILES string of the molecule is CNC(Cc1csc(C)n1)C1CCCCCCC1. The fraction of sp³-hybridized carbons (Fsp3) is 0.800. The zero-order valence-corrected chi connectivity index (χ0v) is 12.6. The van der Waals surface area contributed by atoms with Gasteiger partial charge in [-0.2, -0.15) is 0 Å². The molecule has 1 aromatic rings. The number of nitrogens with one attached hydrogen (secondary N) is 1. The average molecular weight is 266 g/mol. The Labute approximate surface area is 115 Å². The first-order chi connectivity index (χ1) is 8.79. The number of aryl methyl sites for hydroxylation is 1. The summed E-state index contributed by atoms with van der Waals surface area (Å²) >= 11 is 1.77. The van der Waals surface area contributed by atoms with Gasteiger partial charge in [-0.15, -0.1) is 11.3 Å². The van der Waals surface area contributed by atoms with Crippen LogP contribution < -0.4 is 5.32 Å². The molecule has 102 valence electrons. The quantitative estimate of drug-likeness (QED) is 0.893. The second-order valence-corrected chi connectivity index (χ2v) is 6.62. The van der Waals surface area contributed by atoms with Crippen molar-refractivity contribution in [2.75, 3.05) is 7.05 Å². The fourth-order valence-electron chi connectivity index (χ4n) is 3.12.